The first-order valence-corrected chi connectivity index (χ1v) is 4.83. The lowest BCUT2D eigenvalue weighted by molar-refractivity contribution is -0.125. The zero-order valence-corrected chi connectivity index (χ0v) is 8.72. The maximum atomic E-state index is 11.7. The lowest BCUT2D eigenvalue weighted by Crippen LogP contribution is -2.47. The predicted octanol–water partition coefficient (Wildman–Crippen LogP) is 0.980. The van der Waals surface area contributed by atoms with Gasteiger partial charge in [0.1, 0.15) is 0 Å². The SMILES string of the molecule is CC(C)(C)CC(=O)C1COCCN1. The Balaban J connectivity index is 2.38. The Labute approximate surface area is 79.8 Å². The monoisotopic (exact) mass is 185 g/mol. The van der Waals surface area contributed by atoms with Crippen LogP contribution in [0, 0.1) is 5.41 Å². The molecule has 0 aromatic heterocycles. The Kier molecular flexibility index (Phi) is 3.45. The average molecular weight is 185 g/mol. The van der Waals surface area contributed by atoms with Gasteiger partial charge in [-0.15, -0.1) is 0 Å². The Morgan fingerprint density at radius 3 is 2.69 bits per heavy atom. The highest BCUT2D eigenvalue weighted by Crippen LogP contribution is 2.19. The minimum atomic E-state index is -0.0759. The summed E-state index contributed by atoms with van der Waals surface area (Å²) in [4.78, 5) is 11.7. The molecule has 1 aliphatic rings. The van der Waals surface area contributed by atoms with Crippen LogP contribution in [0.25, 0.3) is 0 Å². The first-order chi connectivity index (χ1) is 5.99. The van der Waals surface area contributed by atoms with Crippen LogP contribution in [0.1, 0.15) is 27.2 Å². The van der Waals surface area contributed by atoms with Crippen LogP contribution < -0.4 is 5.32 Å². The zero-order chi connectivity index (χ0) is 9.90. The summed E-state index contributed by atoms with van der Waals surface area (Å²) in [6.45, 7) is 8.28. The second-order valence-electron chi connectivity index (χ2n) is 4.79. The lowest BCUT2D eigenvalue weighted by Gasteiger charge is -2.25. The van der Waals surface area contributed by atoms with Gasteiger partial charge >= 0.3 is 0 Å². The second kappa shape index (κ2) is 4.20. The fourth-order valence-corrected chi connectivity index (χ4v) is 1.42. The zero-order valence-electron chi connectivity index (χ0n) is 8.72. The Hall–Kier alpha value is -0.410. The largest absolute Gasteiger partial charge is 0.378 e. The lowest BCUT2D eigenvalue weighted by atomic mass is 9.88. The molecular formula is C10H19NO2. The van der Waals surface area contributed by atoms with E-state index in [0.29, 0.717) is 13.0 Å². The summed E-state index contributed by atoms with van der Waals surface area (Å²) in [5, 5.41) is 3.17. The van der Waals surface area contributed by atoms with Crippen molar-refractivity contribution in [1.29, 1.82) is 0 Å². The van der Waals surface area contributed by atoms with E-state index in [1.165, 1.54) is 0 Å². The molecule has 0 aromatic rings. The van der Waals surface area contributed by atoms with E-state index in [-0.39, 0.29) is 17.2 Å². The molecule has 1 aliphatic heterocycles. The average Bonchev–Trinajstić information content (AvgIpc) is 2.03. The molecule has 1 unspecified atom stereocenters. The number of ether oxygens (including phenoxy) is 1. The number of carbonyl (C=O) groups excluding carboxylic acids is 1. The molecule has 3 nitrogen and oxygen atoms in total. The van der Waals surface area contributed by atoms with Crippen LogP contribution in [-0.4, -0.2) is 31.6 Å². The number of morpholine rings is 1. The van der Waals surface area contributed by atoms with Gasteiger partial charge in [0.25, 0.3) is 0 Å². The molecule has 76 valence electrons. The fourth-order valence-electron chi connectivity index (χ4n) is 1.42. The summed E-state index contributed by atoms with van der Waals surface area (Å²) in [5.41, 5.74) is 0.0796. The Bertz CT molecular complexity index is 178. The van der Waals surface area contributed by atoms with Gasteiger partial charge in [-0.3, -0.25) is 4.79 Å². The quantitative estimate of drug-likeness (QED) is 0.697. The van der Waals surface area contributed by atoms with Crippen molar-refractivity contribution < 1.29 is 9.53 Å². The molecule has 0 aromatic carbocycles. The molecule has 1 heterocycles. The van der Waals surface area contributed by atoms with E-state index >= 15 is 0 Å². The van der Waals surface area contributed by atoms with Crippen molar-refractivity contribution in [2.75, 3.05) is 19.8 Å². The molecule has 0 spiro atoms. The third-order valence-corrected chi connectivity index (χ3v) is 2.01. The van der Waals surface area contributed by atoms with Gasteiger partial charge in [-0.25, -0.2) is 0 Å². The van der Waals surface area contributed by atoms with Crippen LogP contribution in [0.2, 0.25) is 0 Å². The van der Waals surface area contributed by atoms with E-state index in [1.54, 1.807) is 0 Å². The number of nitrogens with one attached hydrogen (secondary N) is 1. The maximum absolute atomic E-state index is 11.7. The summed E-state index contributed by atoms with van der Waals surface area (Å²) < 4.78 is 5.23. The van der Waals surface area contributed by atoms with E-state index in [4.69, 9.17) is 4.74 Å². The highest BCUT2D eigenvalue weighted by Gasteiger charge is 2.25. The maximum Gasteiger partial charge on any atom is 0.152 e. The molecular weight excluding hydrogens is 166 g/mol. The van der Waals surface area contributed by atoms with E-state index in [1.807, 2.05) is 0 Å². The Morgan fingerprint density at radius 2 is 2.23 bits per heavy atom. The van der Waals surface area contributed by atoms with Gasteiger partial charge in [0, 0.05) is 13.0 Å². The number of hydrogen-bond donors (Lipinski definition) is 1. The fraction of sp³-hybridized carbons (Fsp3) is 0.900. The van der Waals surface area contributed by atoms with Crippen molar-refractivity contribution in [3.05, 3.63) is 0 Å². The minimum Gasteiger partial charge on any atom is -0.378 e. The predicted molar refractivity (Wildman–Crippen MR) is 51.7 cm³/mol. The van der Waals surface area contributed by atoms with Crippen LogP contribution >= 0.6 is 0 Å². The van der Waals surface area contributed by atoms with Crippen LogP contribution in [-0.2, 0) is 9.53 Å². The number of hydrogen-bond acceptors (Lipinski definition) is 3. The normalized spacial score (nSPS) is 24.4. The first kappa shape index (κ1) is 10.7. The first-order valence-electron chi connectivity index (χ1n) is 4.83. The van der Waals surface area contributed by atoms with Gasteiger partial charge in [0.2, 0.25) is 0 Å². The van der Waals surface area contributed by atoms with E-state index < -0.39 is 0 Å². The molecule has 1 fully saturated rings. The Morgan fingerprint density at radius 1 is 1.54 bits per heavy atom. The van der Waals surface area contributed by atoms with Gasteiger partial charge in [0.15, 0.2) is 5.78 Å². The van der Waals surface area contributed by atoms with E-state index in [2.05, 4.69) is 26.1 Å². The van der Waals surface area contributed by atoms with E-state index in [0.717, 1.165) is 13.2 Å². The van der Waals surface area contributed by atoms with Crippen LogP contribution in [0.3, 0.4) is 0 Å². The molecule has 0 radical (unpaired) electrons. The summed E-state index contributed by atoms with van der Waals surface area (Å²) in [6.07, 6.45) is 0.619. The molecule has 13 heavy (non-hydrogen) atoms. The van der Waals surface area contributed by atoms with Crippen molar-refractivity contribution in [2.24, 2.45) is 5.41 Å². The van der Waals surface area contributed by atoms with Crippen molar-refractivity contribution in [3.63, 3.8) is 0 Å². The second-order valence-corrected chi connectivity index (χ2v) is 4.79. The van der Waals surface area contributed by atoms with E-state index in [9.17, 15) is 4.79 Å². The molecule has 0 amide bonds. The van der Waals surface area contributed by atoms with Gasteiger partial charge in [-0.05, 0) is 5.41 Å². The molecule has 1 rings (SSSR count). The highest BCUT2D eigenvalue weighted by atomic mass is 16.5. The summed E-state index contributed by atoms with van der Waals surface area (Å²) >= 11 is 0. The highest BCUT2D eigenvalue weighted by molar-refractivity contribution is 5.84. The summed E-state index contributed by atoms with van der Waals surface area (Å²) in [6, 6.07) is -0.0759. The van der Waals surface area contributed by atoms with Gasteiger partial charge < -0.3 is 10.1 Å². The molecule has 1 saturated heterocycles. The van der Waals surface area contributed by atoms with Crippen molar-refractivity contribution in [1.82, 2.24) is 5.32 Å². The number of Topliss-reactive ketones (excluding diaryl/α,β-unsaturated/α-hetero) is 1. The van der Waals surface area contributed by atoms with Crippen LogP contribution in [0.15, 0.2) is 0 Å². The van der Waals surface area contributed by atoms with Crippen LogP contribution in [0.5, 0.6) is 0 Å². The molecule has 0 bridgehead atoms. The van der Waals surface area contributed by atoms with Crippen molar-refractivity contribution in [3.8, 4) is 0 Å². The van der Waals surface area contributed by atoms with Gasteiger partial charge in [-0.1, -0.05) is 20.8 Å². The molecule has 3 heteroatoms. The summed E-state index contributed by atoms with van der Waals surface area (Å²) in [7, 11) is 0. The number of ketones is 1. The third kappa shape index (κ3) is 3.87. The molecule has 1 atom stereocenters. The summed E-state index contributed by atoms with van der Waals surface area (Å²) in [5.74, 6) is 0.271. The molecule has 0 aliphatic carbocycles. The number of rotatable bonds is 2. The van der Waals surface area contributed by atoms with Gasteiger partial charge in [-0.2, -0.15) is 0 Å². The standard InChI is InChI=1S/C10H19NO2/c1-10(2,3)6-9(12)8-7-13-5-4-11-8/h8,11H,4-7H2,1-3H3. The van der Waals surface area contributed by atoms with Crippen molar-refractivity contribution in [2.45, 2.75) is 33.2 Å². The van der Waals surface area contributed by atoms with Gasteiger partial charge in [0.05, 0.1) is 19.3 Å². The molecule has 0 saturated carbocycles. The smallest absolute Gasteiger partial charge is 0.152 e. The number of carbonyl (C=O) groups is 1. The molecule has 1 N–H and O–H groups in total. The minimum absolute atomic E-state index is 0.0759. The van der Waals surface area contributed by atoms with Crippen molar-refractivity contribution >= 4 is 5.78 Å². The topological polar surface area (TPSA) is 38.3 Å². The third-order valence-electron chi connectivity index (χ3n) is 2.01. The van der Waals surface area contributed by atoms with Crippen LogP contribution in [0.4, 0.5) is 0 Å².